The summed E-state index contributed by atoms with van der Waals surface area (Å²) in [6.45, 7) is 2.03. The van der Waals surface area contributed by atoms with Gasteiger partial charge in [-0.1, -0.05) is 18.3 Å². The first-order chi connectivity index (χ1) is 11.9. The van der Waals surface area contributed by atoms with Gasteiger partial charge < -0.3 is 15.5 Å². The first kappa shape index (κ1) is 19.3. The van der Waals surface area contributed by atoms with Crippen LogP contribution in [0.5, 0.6) is 0 Å². The van der Waals surface area contributed by atoms with E-state index in [4.69, 9.17) is 12.2 Å². The zero-order valence-corrected chi connectivity index (χ0v) is 18.2. The van der Waals surface area contributed by atoms with Crippen LogP contribution in [0.4, 0.5) is 0 Å². The van der Waals surface area contributed by atoms with Crippen molar-refractivity contribution in [3.05, 3.63) is 57.3 Å². The number of carbonyl (C=O) groups is 2. The molecule has 1 aromatic carbocycles. The Hall–Kier alpha value is -1.51. The molecule has 2 amide bonds. The summed E-state index contributed by atoms with van der Waals surface area (Å²) in [6, 6.07) is 9.97. The number of fused-ring (bicyclic) bond motifs is 1. The van der Waals surface area contributed by atoms with Gasteiger partial charge in [0.25, 0.3) is 5.91 Å². The molecule has 1 unspecified atom stereocenters. The van der Waals surface area contributed by atoms with E-state index in [9.17, 15) is 9.59 Å². The summed E-state index contributed by atoms with van der Waals surface area (Å²) in [5, 5.41) is 6.71. The maximum Gasteiger partial charge on any atom is 1.00 e. The number of thiophene rings is 1. The fourth-order valence-corrected chi connectivity index (χ4v) is 4.13. The molecule has 5 nitrogen and oxygen atoms in total. The molecule has 2 aromatic rings. The van der Waals surface area contributed by atoms with Crippen molar-refractivity contribution in [3.63, 3.8) is 0 Å². The van der Waals surface area contributed by atoms with E-state index in [1.54, 1.807) is 22.3 Å². The Morgan fingerprint density at radius 3 is 2.73 bits per heavy atom. The second-order valence-corrected chi connectivity index (χ2v) is 7.50. The third kappa shape index (κ3) is 3.25. The van der Waals surface area contributed by atoms with Gasteiger partial charge in [0, 0.05) is 33.2 Å². The van der Waals surface area contributed by atoms with Crippen molar-refractivity contribution in [2.75, 3.05) is 7.05 Å². The molecule has 0 spiro atoms. The van der Waals surface area contributed by atoms with E-state index in [1.807, 2.05) is 38.2 Å². The maximum atomic E-state index is 12.2. The van der Waals surface area contributed by atoms with E-state index >= 15 is 0 Å². The minimum absolute atomic E-state index is 0. The summed E-state index contributed by atoms with van der Waals surface area (Å²) in [5.41, 5.74) is 3.21. The van der Waals surface area contributed by atoms with Crippen molar-refractivity contribution in [3.8, 4) is 10.4 Å². The molecule has 0 radical (unpaired) electrons. The molecule has 26 heavy (non-hydrogen) atoms. The number of hydrogen-bond acceptors (Lipinski definition) is 4. The van der Waals surface area contributed by atoms with Gasteiger partial charge in [-0.05, 0) is 48.4 Å². The first-order valence-electron chi connectivity index (χ1n) is 7.74. The van der Waals surface area contributed by atoms with Crippen molar-refractivity contribution < 1.29 is 39.1 Å². The largest absolute Gasteiger partial charge is 1.00 e. The molecule has 0 aliphatic carbocycles. The van der Waals surface area contributed by atoms with Crippen molar-refractivity contribution in [1.82, 2.24) is 10.2 Å². The van der Waals surface area contributed by atoms with E-state index in [1.165, 1.54) is 0 Å². The van der Waals surface area contributed by atoms with Gasteiger partial charge in [0.15, 0.2) is 5.91 Å². The second kappa shape index (κ2) is 7.25. The maximum absolute atomic E-state index is 12.2. The molecule has 1 atom stereocenters. The summed E-state index contributed by atoms with van der Waals surface area (Å²) < 4.78 is 0. The smallest absolute Gasteiger partial charge is 0.424 e. The average Bonchev–Trinajstić information content (AvgIpc) is 3.24. The van der Waals surface area contributed by atoms with Crippen LogP contribution in [-0.4, -0.2) is 28.9 Å². The second-order valence-electron chi connectivity index (χ2n) is 6.00. The quantitative estimate of drug-likeness (QED) is 0.466. The van der Waals surface area contributed by atoms with Crippen molar-refractivity contribution in [2.24, 2.45) is 0 Å². The van der Waals surface area contributed by atoms with Gasteiger partial charge in [0.05, 0.1) is 6.04 Å². The Balaban J connectivity index is 0.00000196. The summed E-state index contributed by atoms with van der Waals surface area (Å²) in [5.74, 6) is -0.205. The number of amides is 2. The Morgan fingerprint density at radius 1 is 1.27 bits per heavy atom. The summed E-state index contributed by atoms with van der Waals surface area (Å²) in [7, 11) is 1.82. The SMILES string of the molecule is CC1c2cc(-c3ccc(/C=C4/[N-]C(=S)NC4=O)s3)ccc2C(=O)N1C.[Na+]. The van der Waals surface area contributed by atoms with Crippen LogP contribution in [0.25, 0.3) is 21.8 Å². The number of rotatable bonds is 2. The van der Waals surface area contributed by atoms with Gasteiger partial charge in [-0.25, -0.2) is 0 Å². The predicted molar refractivity (Wildman–Crippen MR) is 102 cm³/mol. The van der Waals surface area contributed by atoms with E-state index in [0.717, 1.165) is 26.4 Å². The van der Waals surface area contributed by atoms with Gasteiger partial charge in [-0.15, -0.1) is 11.3 Å². The van der Waals surface area contributed by atoms with Crippen LogP contribution in [0.3, 0.4) is 0 Å². The predicted octanol–water partition coefficient (Wildman–Crippen LogP) is 0.695. The van der Waals surface area contributed by atoms with Crippen LogP contribution < -0.4 is 34.9 Å². The molecule has 0 bridgehead atoms. The summed E-state index contributed by atoms with van der Waals surface area (Å²) >= 11 is 6.45. The molecule has 2 aliphatic rings. The monoisotopic (exact) mass is 391 g/mol. The minimum Gasteiger partial charge on any atom is -0.424 e. The first-order valence-corrected chi connectivity index (χ1v) is 8.96. The molecule has 2 aliphatic heterocycles. The van der Waals surface area contributed by atoms with E-state index in [-0.39, 0.29) is 52.5 Å². The minimum atomic E-state index is -0.271. The van der Waals surface area contributed by atoms with Crippen LogP contribution >= 0.6 is 23.6 Å². The Labute approximate surface area is 182 Å². The molecule has 1 saturated heterocycles. The Morgan fingerprint density at radius 2 is 2.04 bits per heavy atom. The molecule has 3 heterocycles. The molecule has 8 heteroatoms. The summed E-state index contributed by atoms with van der Waals surface area (Å²) in [4.78, 5) is 27.6. The van der Waals surface area contributed by atoms with Crippen molar-refractivity contribution in [1.29, 1.82) is 0 Å². The fraction of sp³-hybridized carbons (Fsp3) is 0.167. The third-order valence-electron chi connectivity index (χ3n) is 4.50. The Kier molecular flexibility index (Phi) is 5.37. The molecule has 1 fully saturated rings. The zero-order chi connectivity index (χ0) is 17.7. The van der Waals surface area contributed by atoms with E-state index in [2.05, 4.69) is 16.7 Å². The van der Waals surface area contributed by atoms with Crippen molar-refractivity contribution in [2.45, 2.75) is 13.0 Å². The number of thiocarbonyl (C=S) groups is 1. The fourth-order valence-electron chi connectivity index (χ4n) is 3.00. The molecular formula is C18H14N3NaO2S2. The van der Waals surface area contributed by atoms with Gasteiger partial charge in [-0.2, -0.15) is 0 Å². The normalized spacial score (nSPS) is 20.1. The van der Waals surface area contributed by atoms with Gasteiger partial charge >= 0.3 is 29.6 Å². The number of carbonyl (C=O) groups excluding carboxylic acids is 2. The average molecular weight is 391 g/mol. The van der Waals surface area contributed by atoms with Crippen LogP contribution in [0.15, 0.2) is 36.0 Å². The third-order valence-corrected chi connectivity index (χ3v) is 5.77. The van der Waals surface area contributed by atoms with Gasteiger partial charge in [0.2, 0.25) is 0 Å². The van der Waals surface area contributed by atoms with Gasteiger partial charge in [-0.3, -0.25) is 9.59 Å². The van der Waals surface area contributed by atoms with Crippen molar-refractivity contribution >= 4 is 46.6 Å². The Bertz CT molecular complexity index is 967. The number of nitrogens with one attached hydrogen (secondary N) is 1. The molecular weight excluding hydrogens is 377 g/mol. The summed E-state index contributed by atoms with van der Waals surface area (Å²) in [6.07, 6.45) is 1.73. The van der Waals surface area contributed by atoms with Crippen LogP contribution in [0, 0.1) is 0 Å². The number of hydrogen-bond donors (Lipinski definition) is 1. The molecule has 1 N–H and O–H groups in total. The zero-order valence-electron chi connectivity index (χ0n) is 14.6. The number of benzene rings is 1. The van der Waals surface area contributed by atoms with E-state index in [0.29, 0.717) is 5.70 Å². The van der Waals surface area contributed by atoms with Crippen LogP contribution in [0.1, 0.15) is 33.8 Å². The topological polar surface area (TPSA) is 63.5 Å². The molecule has 126 valence electrons. The molecule has 4 rings (SSSR count). The molecule has 1 aromatic heterocycles. The van der Waals surface area contributed by atoms with Crippen LogP contribution in [-0.2, 0) is 4.79 Å². The van der Waals surface area contributed by atoms with Crippen LogP contribution in [0.2, 0.25) is 0 Å². The standard InChI is InChI=1S/C18H15N3O2S2.Na/c1-9-13-7-10(3-5-12(13)17(23)21(9)2)15-6-4-11(25-15)8-14-16(22)20-18(24)19-14;/h3-9H,1-2H3,(H2,19,20,22,23,24);/q;+1/p-1. The van der Waals surface area contributed by atoms with Gasteiger partial charge in [0.1, 0.15) is 0 Å². The van der Waals surface area contributed by atoms with E-state index < -0.39 is 0 Å². The molecule has 0 saturated carbocycles. The number of nitrogens with zero attached hydrogens (tertiary/aromatic N) is 2.